The number of nitrogens with one attached hydrogen (secondary N) is 2. The summed E-state index contributed by atoms with van der Waals surface area (Å²) in [5.74, 6) is -1.56. The van der Waals surface area contributed by atoms with E-state index in [1.54, 1.807) is 42.3 Å². The quantitative estimate of drug-likeness (QED) is 0.0865. The summed E-state index contributed by atoms with van der Waals surface area (Å²) in [6.07, 6.45) is 3.61. The Kier molecular flexibility index (Phi) is 19.8. The molecule has 63 heavy (non-hydrogen) atoms. The highest BCUT2D eigenvalue weighted by molar-refractivity contribution is 7.09. The lowest BCUT2D eigenvalue weighted by Gasteiger charge is -2.39. The molecule has 1 aliphatic rings. The molecule has 0 saturated carbocycles. The van der Waals surface area contributed by atoms with Gasteiger partial charge in [-0.15, -0.1) is 11.3 Å². The van der Waals surface area contributed by atoms with Crippen molar-refractivity contribution in [2.45, 2.75) is 122 Å². The second-order valence-electron chi connectivity index (χ2n) is 17.6. The molecule has 1 aliphatic heterocycles. The summed E-state index contributed by atoms with van der Waals surface area (Å²) in [5.41, 5.74) is 2.84. The van der Waals surface area contributed by atoms with Gasteiger partial charge in [0.1, 0.15) is 16.8 Å². The maximum atomic E-state index is 14.5. The molecule has 0 spiro atoms. The van der Waals surface area contributed by atoms with Gasteiger partial charge in [-0.25, -0.2) is 4.98 Å². The fourth-order valence-corrected chi connectivity index (χ4v) is 9.57. The van der Waals surface area contributed by atoms with Crippen LogP contribution in [0.3, 0.4) is 0 Å². The molecule has 0 unspecified atom stereocenters. The van der Waals surface area contributed by atoms with E-state index in [-0.39, 0.29) is 59.7 Å². The van der Waals surface area contributed by atoms with Crippen LogP contribution in [-0.4, -0.2) is 126 Å². The molecule has 14 heteroatoms. The van der Waals surface area contributed by atoms with Crippen molar-refractivity contribution in [2.24, 2.45) is 17.8 Å². The van der Waals surface area contributed by atoms with Crippen LogP contribution in [-0.2, 0) is 41.5 Å². The predicted molar refractivity (Wildman–Crippen MR) is 249 cm³/mol. The van der Waals surface area contributed by atoms with Crippen molar-refractivity contribution in [1.29, 1.82) is 0 Å². The van der Waals surface area contributed by atoms with Crippen molar-refractivity contribution in [1.82, 2.24) is 30.3 Å². The normalized spacial score (nSPS) is 17.5. The molecule has 3 aromatic rings. The number of carbonyl (C=O) groups is 4. The molecule has 0 aliphatic carbocycles. The van der Waals surface area contributed by atoms with Gasteiger partial charge in [-0.3, -0.25) is 24.1 Å². The lowest BCUT2D eigenvalue weighted by molar-refractivity contribution is -0.145. The van der Waals surface area contributed by atoms with Gasteiger partial charge in [-0.05, 0) is 74.2 Å². The van der Waals surface area contributed by atoms with E-state index < -0.39 is 36.3 Å². The third kappa shape index (κ3) is 13.7. The minimum Gasteiger partial charge on any atom is -0.508 e. The molecule has 8 atom stereocenters. The molecule has 0 radical (unpaired) electrons. The fourth-order valence-electron chi connectivity index (χ4n) is 8.88. The number of thiazole rings is 1. The molecule has 4 rings (SSSR count). The van der Waals surface area contributed by atoms with Crippen LogP contribution in [0.15, 0.2) is 78.3 Å². The molecule has 4 amide bonds. The van der Waals surface area contributed by atoms with Crippen LogP contribution in [0.4, 0.5) is 0 Å². The molecular formula is C49H72N6O7S. The number of likely N-dealkylation sites (tertiary alicyclic amines) is 1. The largest absolute Gasteiger partial charge is 0.508 e. The topological polar surface area (TPSA) is 154 Å². The Morgan fingerprint density at radius 1 is 0.921 bits per heavy atom. The Labute approximate surface area is 379 Å². The highest BCUT2D eigenvalue weighted by atomic mass is 32.1. The van der Waals surface area contributed by atoms with Crippen LogP contribution >= 0.6 is 11.3 Å². The van der Waals surface area contributed by atoms with Crippen molar-refractivity contribution in [3.63, 3.8) is 0 Å². The molecule has 2 heterocycles. The van der Waals surface area contributed by atoms with Gasteiger partial charge in [0.05, 0.1) is 48.7 Å². The number of methoxy groups -OCH3 is 2. The number of benzene rings is 2. The molecular weight excluding hydrogens is 817 g/mol. The van der Waals surface area contributed by atoms with Gasteiger partial charge in [-0.2, -0.15) is 0 Å². The number of amides is 4. The molecule has 13 nitrogen and oxygen atoms in total. The standard InChI is InChI=1S/C49H72N6O7S/c1-12-33(6)44(54(9)49(60)42(31(2)3)52-47(59)43(32(4)5)53(8)27-24-35-20-22-37(56)23-21-35)40(61-10)30-41(57)55-26-16-19-39(55)45(62-11)34(7)46(58)51-38(48-50-25-28-63-48)29-36-17-14-13-15-18-36/h13-15,17-18,20-23,25,28,31-32,34,38-40,42-45,56H,6,12,16,19,24,26-27,29-30H2,1-5,7-11H3,(H,51,58)(H,52,59)/t34-,38+,39+,40-,42+,43+,44+,45-/m1/s1. The number of carbonyl (C=O) groups excluding carboxylic acids is 4. The second kappa shape index (κ2) is 24.4. The van der Waals surface area contributed by atoms with Crippen LogP contribution in [0.25, 0.3) is 0 Å². The smallest absolute Gasteiger partial charge is 0.245 e. The van der Waals surface area contributed by atoms with Gasteiger partial charge in [0.15, 0.2) is 0 Å². The number of ether oxygens (including phenoxy) is 2. The molecule has 346 valence electrons. The first-order valence-electron chi connectivity index (χ1n) is 22.3. The monoisotopic (exact) mass is 889 g/mol. The molecule has 3 N–H and O–H groups in total. The molecule has 2 aromatic carbocycles. The van der Waals surface area contributed by atoms with Gasteiger partial charge in [-0.1, -0.05) is 96.2 Å². The van der Waals surface area contributed by atoms with Crippen molar-refractivity contribution in [3.8, 4) is 5.75 Å². The molecule has 1 fully saturated rings. The van der Waals surface area contributed by atoms with E-state index in [2.05, 4.69) is 22.2 Å². The van der Waals surface area contributed by atoms with Gasteiger partial charge in [0.2, 0.25) is 23.6 Å². The number of likely N-dealkylation sites (N-methyl/N-ethyl adjacent to an activating group) is 2. The summed E-state index contributed by atoms with van der Waals surface area (Å²) >= 11 is 1.50. The zero-order valence-corrected chi connectivity index (χ0v) is 39.9. The Balaban J connectivity index is 1.47. The summed E-state index contributed by atoms with van der Waals surface area (Å²) in [6.45, 7) is 17.0. The zero-order chi connectivity index (χ0) is 46.4. The van der Waals surface area contributed by atoms with Crippen LogP contribution in [0.1, 0.15) is 89.4 Å². The Morgan fingerprint density at radius 3 is 2.17 bits per heavy atom. The summed E-state index contributed by atoms with van der Waals surface area (Å²) in [5, 5.41) is 18.7. The van der Waals surface area contributed by atoms with E-state index in [0.29, 0.717) is 38.8 Å². The first-order valence-corrected chi connectivity index (χ1v) is 23.2. The molecule has 0 bridgehead atoms. The first kappa shape index (κ1) is 51.0. The summed E-state index contributed by atoms with van der Waals surface area (Å²) in [4.78, 5) is 66.9. The van der Waals surface area contributed by atoms with E-state index >= 15 is 0 Å². The Bertz CT molecular complexity index is 1910. The van der Waals surface area contributed by atoms with Gasteiger partial charge < -0.3 is 35.0 Å². The second-order valence-corrected chi connectivity index (χ2v) is 18.5. The van der Waals surface area contributed by atoms with Crippen molar-refractivity contribution < 1.29 is 33.8 Å². The van der Waals surface area contributed by atoms with E-state index in [1.165, 1.54) is 18.4 Å². The van der Waals surface area contributed by atoms with E-state index in [9.17, 15) is 24.3 Å². The highest BCUT2D eigenvalue weighted by Crippen LogP contribution is 2.30. The number of nitrogens with zero attached hydrogens (tertiary/aromatic N) is 4. The third-order valence-electron chi connectivity index (χ3n) is 12.5. The van der Waals surface area contributed by atoms with Crippen LogP contribution < -0.4 is 10.6 Å². The number of phenolic OH excluding ortho intramolecular Hbond substituents is 1. The SMILES string of the molecule is C=C(CC)[C@@H]([C@@H](CC(=O)N1CCC[C@H]1[C@H](OC)[C@@H](C)C(=O)N[C@@H](Cc1ccccc1)c1nccs1)OC)N(C)C(=O)[C@@H](NC(=O)[C@H](C(C)C)N(C)CCc1ccc(O)cc1)C(C)C. The number of rotatable bonds is 24. The maximum Gasteiger partial charge on any atom is 0.245 e. The van der Waals surface area contributed by atoms with Gasteiger partial charge in [0, 0.05) is 45.9 Å². The lowest BCUT2D eigenvalue weighted by atomic mass is 9.92. The summed E-state index contributed by atoms with van der Waals surface area (Å²) < 4.78 is 12.1. The minimum absolute atomic E-state index is 0.0333. The molecule has 1 saturated heterocycles. The first-order chi connectivity index (χ1) is 30.0. The van der Waals surface area contributed by atoms with Gasteiger partial charge >= 0.3 is 0 Å². The number of hydrogen-bond donors (Lipinski definition) is 3. The number of phenols is 1. The minimum atomic E-state index is -0.851. The average molecular weight is 889 g/mol. The van der Waals surface area contributed by atoms with Crippen molar-refractivity contribution in [3.05, 3.63) is 94.5 Å². The average Bonchev–Trinajstić information content (AvgIpc) is 3.99. The highest BCUT2D eigenvalue weighted by Gasteiger charge is 2.43. The van der Waals surface area contributed by atoms with Gasteiger partial charge in [0.25, 0.3) is 0 Å². The zero-order valence-electron chi connectivity index (χ0n) is 39.1. The number of aromatic nitrogens is 1. The lowest BCUT2D eigenvalue weighted by Crippen LogP contribution is -2.59. The predicted octanol–water partition coefficient (Wildman–Crippen LogP) is 6.43. The van der Waals surface area contributed by atoms with Crippen molar-refractivity contribution >= 4 is 35.0 Å². The molecule has 1 aromatic heterocycles. The fraction of sp³-hybridized carbons (Fsp3) is 0.571. The van der Waals surface area contributed by atoms with Crippen molar-refractivity contribution in [2.75, 3.05) is 41.4 Å². The Morgan fingerprint density at radius 2 is 1.60 bits per heavy atom. The van der Waals surface area contributed by atoms with E-state index in [0.717, 1.165) is 28.1 Å². The van der Waals surface area contributed by atoms with Crippen LogP contribution in [0, 0.1) is 17.8 Å². The summed E-state index contributed by atoms with van der Waals surface area (Å²) in [7, 11) is 6.72. The summed E-state index contributed by atoms with van der Waals surface area (Å²) in [6, 6.07) is 14.3. The van der Waals surface area contributed by atoms with E-state index in [1.807, 2.05) is 101 Å². The van der Waals surface area contributed by atoms with Crippen LogP contribution in [0.2, 0.25) is 0 Å². The number of aromatic hydroxyl groups is 1. The maximum absolute atomic E-state index is 14.5. The third-order valence-corrected chi connectivity index (χ3v) is 13.4. The van der Waals surface area contributed by atoms with E-state index in [4.69, 9.17) is 9.47 Å². The van der Waals surface area contributed by atoms with Crippen LogP contribution in [0.5, 0.6) is 5.75 Å². The number of hydrogen-bond acceptors (Lipinski definition) is 10. The Hall–Kier alpha value is -4.63.